The molecule has 0 unspecified atom stereocenters. The summed E-state index contributed by atoms with van der Waals surface area (Å²) in [5.74, 6) is -0.252. The Morgan fingerprint density at radius 3 is 2.68 bits per heavy atom. The summed E-state index contributed by atoms with van der Waals surface area (Å²) in [6.07, 6.45) is 1.50. The Morgan fingerprint density at radius 1 is 1.21 bits per heavy atom. The first-order valence-electron chi connectivity index (χ1n) is 5.05. The van der Waals surface area contributed by atoms with E-state index in [1.807, 2.05) is 6.07 Å². The number of pyridine rings is 1. The number of halogens is 4. The van der Waals surface area contributed by atoms with Crippen LogP contribution in [-0.4, -0.2) is 10.9 Å². The number of anilines is 1. The lowest BCUT2D eigenvalue weighted by atomic mass is 10.2. The van der Waals surface area contributed by atoms with Crippen molar-refractivity contribution in [2.75, 3.05) is 5.32 Å². The van der Waals surface area contributed by atoms with E-state index in [-0.39, 0.29) is 5.91 Å². The molecule has 0 saturated heterocycles. The lowest BCUT2D eigenvalue weighted by Gasteiger charge is -2.09. The fourth-order valence-corrected chi connectivity index (χ4v) is 2.63. The van der Waals surface area contributed by atoms with E-state index in [1.165, 1.54) is 6.20 Å². The van der Waals surface area contributed by atoms with Crippen LogP contribution < -0.4 is 5.32 Å². The van der Waals surface area contributed by atoms with Crippen LogP contribution in [0.2, 0.25) is 5.02 Å². The van der Waals surface area contributed by atoms with Crippen LogP contribution in [0.25, 0.3) is 0 Å². The average molecular weight is 469 g/mol. The Bertz CT molecular complexity index is 649. The minimum atomic E-state index is -0.252. The molecule has 0 aliphatic rings. The van der Waals surface area contributed by atoms with Gasteiger partial charge in [-0.2, -0.15) is 0 Å². The molecule has 0 aliphatic carbocycles. The Morgan fingerprint density at radius 2 is 1.95 bits per heavy atom. The van der Waals surface area contributed by atoms with Gasteiger partial charge in [-0.15, -0.1) is 0 Å². The van der Waals surface area contributed by atoms with Gasteiger partial charge in [-0.05, 0) is 56.1 Å². The van der Waals surface area contributed by atoms with E-state index < -0.39 is 0 Å². The highest BCUT2D eigenvalue weighted by molar-refractivity contribution is 9.11. The lowest BCUT2D eigenvalue weighted by Crippen LogP contribution is -2.13. The molecule has 1 heterocycles. The summed E-state index contributed by atoms with van der Waals surface area (Å²) in [4.78, 5) is 16.2. The van der Waals surface area contributed by atoms with Crippen molar-refractivity contribution in [3.63, 3.8) is 0 Å². The first kappa shape index (κ1) is 15.0. The van der Waals surface area contributed by atoms with E-state index in [2.05, 4.69) is 58.1 Å². The van der Waals surface area contributed by atoms with E-state index in [0.717, 1.165) is 4.47 Å². The number of carbonyl (C=O) groups is 1. The molecule has 19 heavy (non-hydrogen) atoms. The second kappa shape index (κ2) is 6.35. The number of carbonyl (C=O) groups excluding carboxylic acids is 1. The van der Waals surface area contributed by atoms with E-state index in [9.17, 15) is 4.79 Å². The Labute approximate surface area is 140 Å². The summed E-state index contributed by atoms with van der Waals surface area (Å²) >= 11 is 15.8. The van der Waals surface area contributed by atoms with Crippen LogP contribution in [0.3, 0.4) is 0 Å². The predicted octanol–water partition coefficient (Wildman–Crippen LogP) is 5.27. The zero-order valence-corrected chi connectivity index (χ0v) is 14.8. The standard InChI is InChI=1S/C12H6Br3ClN2O/c13-6-1-2-9(14)8(3-6)12(19)18-10-4-7(16)5-17-11(10)15/h1-5H,(H,18,19). The summed E-state index contributed by atoms with van der Waals surface area (Å²) in [6.45, 7) is 0. The van der Waals surface area contributed by atoms with Crippen molar-refractivity contribution in [3.8, 4) is 0 Å². The van der Waals surface area contributed by atoms with Gasteiger partial charge in [0.2, 0.25) is 0 Å². The van der Waals surface area contributed by atoms with Gasteiger partial charge in [-0.1, -0.05) is 27.5 Å². The van der Waals surface area contributed by atoms with Gasteiger partial charge in [-0.3, -0.25) is 4.79 Å². The Kier molecular flexibility index (Phi) is 5.00. The minimum absolute atomic E-state index is 0.252. The summed E-state index contributed by atoms with van der Waals surface area (Å²) in [6, 6.07) is 7.00. The number of aromatic nitrogens is 1. The highest BCUT2D eigenvalue weighted by Gasteiger charge is 2.13. The third-order valence-electron chi connectivity index (χ3n) is 2.23. The minimum Gasteiger partial charge on any atom is -0.320 e. The molecule has 0 atom stereocenters. The molecular weight excluding hydrogens is 463 g/mol. The van der Waals surface area contributed by atoms with Crippen LogP contribution in [0.4, 0.5) is 5.69 Å². The van der Waals surface area contributed by atoms with Gasteiger partial charge in [-0.25, -0.2) is 4.98 Å². The summed E-state index contributed by atoms with van der Waals surface area (Å²) in [7, 11) is 0. The largest absolute Gasteiger partial charge is 0.320 e. The van der Waals surface area contributed by atoms with Crippen LogP contribution in [-0.2, 0) is 0 Å². The van der Waals surface area contributed by atoms with Crippen LogP contribution >= 0.6 is 59.4 Å². The maximum atomic E-state index is 12.2. The molecule has 98 valence electrons. The normalized spacial score (nSPS) is 10.3. The number of nitrogens with one attached hydrogen (secondary N) is 1. The van der Waals surface area contributed by atoms with Gasteiger partial charge in [0.25, 0.3) is 5.91 Å². The van der Waals surface area contributed by atoms with Gasteiger partial charge in [0.05, 0.1) is 16.3 Å². The molecule has 3 nitrogen and oxygen atoms in total. The van der Waals surface area contributed by atoms with Gasteiger partial charge in [0.1, 0.15) is 4.60 Å². The van der Waals surface area contributed by atoms with Crippen LogP contribution in [0.1, 0.15) is 10.4 Å². The van der Waals surface area contributed by atoms with Crippen molar-refractivity contribution in [2.24, 2.45) is 0 Å². The third-order valence-corrected chi connectivity index (χ3v) is 4.25. The molecule has 1 N–H and O–H groups in total. The first-order chi connectivity index (χ1) is 8.97. The topological polar surface area (TPSA) is 42.0 Å². The van der Waals surface area contributed by atoms with Crippen LogP contribution in [0, 0.1) is 0 Å². The third kappa shape index (κ3) is 3.78. The SMILES string of the molecule is O=C(Nc1cc(Cl)cnc1Br)c1cc(Br)ccc1Br. The van der Waals surface area contributed by atoms with Crippen molar-refractivity contribution < 1.29 is 4.79 Å². The molecule has 2 aromatic rings. The van der Waals surface area contributed by atoms with Gasteiger partial charge in [0.15, 0.2) is 0 Å². The molecule has 0 spiro atoms. The van der Waals surface area contributed by atoms with Crippen LogP contribution in [0.5, 0.6) is 0 Å². The van der Waals surface area contributed by atoms with Crippen molar-refractivity contribution in [1.82, 2.24) is 4.98 Å². The average Bonchev–Trinajstić information content (AvgIpc) is 2.36. The number of hydrogen-bond acceptors (Lipinski definition) is 2. The van der Waals surface area contributed by atoms with Gasteiger partial charge in [0, 0.05) is 15.1 Å². The van der Waals surface area contributed by atoms with Crippen molar-refractivity contribution in [2.45, 2.75) is 0 Å². The molecule has 0 fully saturated rings. The molecular formula is C12H6Br3ClN2O. The van der Waals surface area contributed by atoms with Gasteiger partial charge >= 0.3 is 0 Å². The Balaban J connectivity index is 2.30. The molecule has 0 saturated carbocycles. The number of hydrogen-bond donors (Lipinski definition) is 1. The van der Waals surface area contributed by atoms with Crippen molar-refractivity contribution in [3.05, 3.63) is 54.6 Å². The highest BCUT2D eigenvalue weighted by atomic mass is 79.9. The fraction of sp³-hybridized carbons (Fsp3) is 0. The summed E-state index contributed by atoms with van der Waals surface area (Å²) in [5, 5.41) is 3.20. The summed E-state index contributed by atoms with van der Waals surface area (Å²) < 4.78 is 2.06. The predicted molar refractivity (Wildman–Crippen MR) is 86.7 cm³/mol. The molecule has 2 rings (SSSR count). The van der Waals surface area contributed by atoms with E-state index >= 15 is 0 Å². The smallest absolute Gasteiger partial charge is 0.256 e. The van der Waals surface area contributed by atoms with Crippen molar-refractivity contribution >= 4 is 71.0 Å². The molecule has 0 bridgehead atoms. The number of nitrogens with zero attached hydrogens (tertiary/aromatic N) is 1. The van der Waals surface area contributed by atoms with E-state index in [1.54, 1.807) is 18.2 Å². The maximum absolute atomic E-state index is 12.2. The summed E-state index contributed by atoms with van der Waals surface area (Å²) in [5.41, 5.74) is 1.03. The zero-order valence-electron chi connectivity index (χ0n) is 9.25. The quantitative estimate of drug-likeness (QED) is 0.609. The fourth-order valence-electron chi connectivity index (χ4n) is 1.37. The molecule has 0 radical (unpaired) electrons. The second-order valence-electron chi connectivity index (χ2n) is 3.57. The van der Waals surface area contributed by atoms with E-state index in [0.29, 0.717) is 25.3 Å². The number of rotatable bonds is 2. The van der Waals surface area contributed by atoms with E-state index in [4.69, 9.17) is 11.6 Å². The molecule has 7 heteroatoms. The van der Waals surface area contributed by atoms with Crippen LogP contribution in [0.15, 0.2) is 44.0 Å². The second-order valence-corrected chi connectivity index (χ2v) is 6.53. The molecule has 0 aliphatic heterocycles. The highest BCUT2D eigenvalue weighted by Crippen LogP contribution is 2.26. The van der Waals surface area contributed by atoms with Gasteiger partial charge < -0.3 is 5.32 Å². The lowest BCUT2D eigenvalue weighted by molar-refractivity contribution is 0.102. The Hall–Kier alpha value is -0.430. The maximum Gasteiger partial charge on any atom is 0.256 e. The number of amides is 1. The zero-order chi connectivity index (χ0) is 14.0. The number of benzene rings is 1. The molecule has 1 aromatic heterocycles. The molecule has 1 amide bonds. The molecule has 1 aromatic carbocycles. The first-order valence-corrected chi connectivity index (χ1v) is 7.80. The monoisotopic (exact) mass is 466 g/mol. The van der Waals surface area contributed by atoms with Crippen molar-refractivity contribution in [1.29, 1.82) is 0 Å².